The van der Waals surface area contributed by atoms with Crippen LogP contribution in [-0.2, 0) is 16.6 Å². The number of benzene rings is 2. The van der Waals surface area contributed by atoms with Crippen LogP contribution >= 0.6 is 11.3 Å². The van der Waals surface area contributed by atoms with Crippen LogP contribution in [0.15, 0.2) is 58.8 Å². The molecule has 1 aliphatic heterocycles. The third kappa shape index (κ3) is 5.24. The molecule has 2 heterocycles. The van der Waals surface area contributed by atoms with Crippen molar-refractivity contribution in [3.63, 3.8) is 0 Å². The average molecular weight is 459 g/mol. The number of anilines is 2. The second kappa shape index (κ2) is 9.35. The molecule has 31 heavy (non-hydrogen) atoms. The number of nitrogens with one attached hydrogen (secondary N) is 1. The summed E-state index contributed by atoms with van der Waals surface area (Å²) in [6.45, 7) is 5.05. The van der Waals surface area contributed by atoms with Gasteiger partial charge in [0, 0.05) is 43.8 Å². The molecule has 0 bridgehead atoms. The molecule has 0 amide bonds. The Morgan fingerprint density at radius 3 is 2.35 bits per heavy atom. The molecule has 0 aliphatic carbocycles. The Balaban J connectivity index is 1.32. The van der Waals surface area contributed by atoms with E-state index in [0.29, 0.717) is 43.4 Å². The zero-order chi connectivity index (χ0) is 21.8. The molecule has 1 aromatic heterocycles. The van der Waals surface area contributed by atoms with Gasteiger partial charge in [0.25, 0.3) is 0 Å². The van der Waals surface area contributed by atoms with E-state index in [2.05, 4.69) is 39.6 Å². The number of methoxy groups -OCH3 is 1. The first-order valence-corrected chi connectivity index (χ1v) is 12.4. The standard InChI is InChI=1S/C22H26N4O3S2/c1-17-3-5-18(6-4-17)23-22-24-19(16-30-22)15-25-11-13-26(14-12-25)31(27,28)21-9-7-20(29-2)8-10-21/h3-10,16H,11-15H2,1-2H3,(H,23,24). The van der Waals surface area contributed by atoms with Crippen LogP contribution in [0, 0.1) is 6.92 Å². The summed E-state index contributed by atoms with van der Waals surface area (Å²) in [7, 11) is -1.93. The summed E-state index contributed by atoms with van der Waals surface area (Å²) in [5.74, 6) is 0.642. The molecule has 7 nitrogen and oxygen atoms in total. The molecular weight excluding hydrogens is 432 g/mol. The third-order valence-corrected chi connectivity index (χ3v) is 7.99. The number of hydrogen-bond acceptors (Lipinski definition) is 7. The molecule has 0 atom stereocenters. The summed E-state index contributed by atoms with van der Waals surface area (Å²) in [6.07, 6.45) is 0. The summed E-state index contributed by atoms with van der Waals surface area (Å²) in [5.41, 5.74) is 3.23. The molecular formula is C22H26N4O3S2. The van der Waals surface area contributed by atoms with E-state index in [1.54, 1.807) is 47.0 Å². The number of rotatable bonds is 7. The Labute approximate surface area is 187 Å². The zero-order valence-electron chi connectivity index (χ0n) is 17.6. The first-order chi connectivity index (χ1) is 14.9. The zero-order valence-corrected chi connectivity index (χ0v) is 19.2. The molecule has 1 N–H and O–H groups in total. The summed E-state index contributed by atoms with van der Waals surface area (Å²) in [4.78, 5) is 7.22. The normalized spacial score (nSPS) is 15.7. The molecule has 1 fully saturated rings. The number of nitrogens with zero attached hydrogens (tertiary/aromatic N) is 3. The van der Waals surface area contributed by atoms with Crippen molar-refractivity contribution in [3.8, 4) is 5.75 Å². The van der Waals surface area contributed by atoms with Crippen molar-refractivity contribution in [3.05, 3.63) is 65.2 Å². The predicted octanol–water partition coefficient (Wildman–Crippen LogP) is 3.71. The number of aromatic nitrogens is 1. The van der Waals surface area contributed by atoms with Crippen LogP contribution in [0.25, 0.3) is 0 Å². The van der Waals surface area contributed by atoms with Crippen molar-refractivity contribution in [2.24, 2.45) is 0 Å². The minimum Gasteiger partial charge on any atom is -0.497 e. The largest absolute Gasteiger partial charge is 0.497 e. The number of sulfonamides is 1. The molecule has 2 aromatic carbocycles. The summed E-state index contributed by atoms with van der Waals surface area (Å²) < 4.78 is 32.5. The Kier molecular flexibility index (Phi) is 6.57. The quantitative estimate of drug-likeness (QED) is 0.582. The second-order valence-electron chi connectivity index (χ2n) is 7.49. The Hall–Kier alpha value is -2.46. The Bertz CT molecular complexity index is 1100. The number of piperazine rings is 1. The van der Waals surface area contributed by atoms with Gasteiger partial charge >= 0.3 is 0 Å². The van der Waals surface area contributed by atoms with Crippen molar-refractivity contribution in [2.45, 2.75) is 18.4 Å². The lowest BCUT2D eigenvalue weighted by Crippen LogP contribution is -2.48. The van der Waals surface area contributed by atoms with Crippen molar-refractivity contribution in [1.82, 2.24) is 14.2 Å². The van der Waals surface area contributed by atoms with Crippen LogP contribution in [0.1, 0.15) is 11.3 Å². The summed E-state index contributed by atoms with van der Waals surface area (Å²) >= 11 is 1.58. The van der Waals surface area contributed by atoms with Gasteiger partial charge in [-0.2, -0.15) is 4.31 Å². The number of aryl methyl sites for hydroxylation is 1. The second-order valence-corrected chi connectivity index (χ2v) is 10.3. The van der Waals surface area contributed by atoms with Crippen LogP contribution in [-0.4, -0.2) is 55.9 Å². The Morgan fingerprint density at radius 1 is 1.03 bits per heavy atom. The van der Waals surface area contributed by atoms with Crippen LogP contribution in [0.5, 0.6) is 5.75 Å². The van der Waals surface area contributed by atoms with E-state index in [-0.39, 0.29) is 0 Å². The number of thiazole rings is 1. The fourth-order valence-corrected chi connectivity index (χ4v) is 5.60. The van der Waals surface area contributed by atoms with Crippen molar-refractivity contribution < 1.29 is 13.2 Å². The highest BCUT2D eigenvalue weighted by molar-refractivity contribution is 7.89. The van der Waals surface area contributed by atoms with Crippen molar-refractivity contribution in [1.29, 1.82) is 0 Å². The van der Waals surface area contributed by atoms with Crippen LogP contribution in [0.4, 0.5) is 10.8 Å². The van der Waals surface area contributed by atoms with Crippen molar-refractivity contribution >= 4 is 32.2 Å². The third-order valence-electron chi connectivity index (χ3n) is 5.27. The minimum atomic E-state index is -3.49. The van der Waals surface area contributed by atoms with Crippen molar-refractivity contribution in [2.75, 3.05) is 38.6 Å². The lowest BCUT2D eigenvalue weighted by Gasteiger charge is -2.33. The van der Waals surface area contributed by atoms with Gasteiger partial charge in [0.2, 0.25) is 10.0 Å². The Morgan fingerprint density at radius 2 is 1.71 bits per heavy atom. The fourth-order valence-electron chi connectivity index (χ4n) is 3.45. The monoisotopic (exact) mass is 458 g/mol. The SMILES string of the molecule is COc1ccc(S(=O)(=O)N2CCN(Cc3csc(Nc4ccc(C)cc4)n3)CC2)cc1. The summed E-state index contributed by atoms with van der Waals surface area (Å²) in [6, 6.07) is 14.8. The fraction of sp³-hybridized carbons (Fsp3) is 0.318. The maximum Gasteiger partial charge on any atom is 0.243 e. The average Bonchev–Trinajstić information content (AvgIpc) is 3.22. The first-order valence-electron chi connectivity index (χ1n) is 10.1. The van der Waals surface area contributed by atoms with Gasteiger partial charge in [0.1, 0.15) is 5.75 Å². The van der Waals surface area contributed by atoms with E-state index in [9.17, 15) is 8.42 Å². The van der Waals surface area contributed by atoms with Gasteiger partial charge in [-0.3, -0.25) is 4.90 Å². The van der Waals surface area contributed by atoms with Crippen LogP contribution in [0.2, 0.25) is 0 Å². The molecule has 1 aliphatic rings. The van der Waals surface area contributed by atoms with Gasteiger partial charge in [-0.05, 0) is 43.3 Å². The highest BCUT2D eigenvalue weighted by atomic mass is 32.2. The topological polar surface area (TPSA) is 74.8 Å². The lowest BCUT2D eigenvalue weighted by molar-refractivity contribution is 0.180. The molecule has 4 rings (SSSR count). The number of ether oxygens (including phenoxy) is 1. The first kappa shape index (κ1) is 21.8. The van der Waals surface area contributed by atoms with Gasteiger partial charge < -0.3 is 10.1 Å². The van der Waals surface area contributed by atoms with Gasteiger partial charge in [-0.25, -0.2) is 13.4 Å². The van der Waals surface area contributed by atoms with E-state index in [0.717, 1.165) is 16.5 Å². The minimum absolute atomic E-state index is 0.299. The van der Waals surface area contributed by atoms with Gasteiger partial charge in [-0.15, -0.1) is 11.3 Å². The molecule has 3 aromatic rings. The highest BCUT2D eigenvalue weighted by Gasteiger charge is 2.28. The molecule has 1 saturated heterocycles. The summed E-state index contributed by atoms with van der Waals surface area (Å²) in [5, 5.41) is 6.25. The van der Waals surface area contributed by atoms with Gasteiger partial charge in [-0.1, -0.05) is 17.7 Å². The van der Waals surface area contributed by atoms with Gasteiger partial charge in [0.15, 0.2) is 5.13 Å². The van der Waals surface area contributed by atoms with E-state index >= 15 is 0 Å². The molecule has 0 saturated carbocycles. The van der Waals surface area contributed by atoms with E-state index in [1.807, 2.05) is 12.1 Å². The van der Waals surface area contributed by atoms with Crippen LogP contribution < -0.4 is 10.1 Å². The smallest absolute Gasteiger partial charge is 0.243 e. The van der Waals surface area contributed by atoms with Gasteiger partial charge in [0.05, 0.1) is 17.7 Å². The van der Waals surface area contributed by atoms with E-state index in [4.69, 9.17) is 4.74 Å². The molecule has 0 spiro atoms. The maximum absolute atomic E-state index is 12.9. The highest BCUT2D eigenvalue weighted by Crippen LogP contribution is 2.24. The molecule has 164 valence electrons. The molecule has 0 radical (unpaired) electrons. The maximum atomic E-state index is 12.9. The number of hydrogen-bond donors (Lipinski definition) is 1. The molecule has 9 heteroatoms. The lowest BCUT2D eigenvalue weighted by atomic mass is 10.2. The predicted molar refractivity (Wildman–Crippen MR) is 124 cm³/mol. The molecule has 0 unspecified atom stereocenters. The van der Waals surface area contributed by atoms with E-state index < -0.39 is 10.0 Å². The van der Waals surface area contributed by atoms with E-state index in [1.165, 1.54) is 5.56 Å². The van der Waals surface area contributed by atoms with Crippen LogP contribution in [0.3, 0.4) is 0 Å².